The van der Waals surface area contributed by atoms with Crippen molar-refractivity contribution in [3.05, 3.63) is 63.9 Å². The van der Waals surface area contributed by atoms with Crippen LogP contribution in [-0.2, 0) is 15.0 Å². The van der Waals surface area contributed by atoms with E-state index >= 15 is 4.39 Å². The van der Waals surface area contributed by atoms with Crippen molar-refractivity contribution in [2.24, 2.45) is 5.41 Å². The average Bonchev–Trinajstić information content (AvgIpc) is 3.32. The fourth-order valence-electron chi connectivity index (χ4n) is 6.68. The van der Waals surface area contributed by atoms with Gasteiger partial charge in [-0.1, -0.05) is 44.5 Å². The summed E-state index contributed by atoms with van der Waals surface area (Å²) in [5.41, 5.74) is -1.68. The van der Waals surface area contributed by atoms with Gasteiger partial charge in [-0.2, -0.15) is 0 Å². The molecule has 1 spiro atoms. The number of hydrogen-bond acceptors (Lipinski definition) is 4. The maximum Gasteiger partial charge on any atom is 0.238 e. The second-order valence-corrected chi connectivity index (χ2v) is 12.6. The molecule has 1 saturated heterocycles. The quantitative estimate of drug-likeness (QED) is 0.425. The molecule has 0 aromatic heterocycles. The van der Waals surface area contributed by atoms with Crippen molar-refractivity contribution >= 4 is 29.1 Å². The van der Waals surface area contributed by atoms with Crippen LogP contribution in [0.25, 0.3) is 0 Å². The Bertz CT molecular complexity index is 1310. The molecule has 2 heterocycles. The molecule has 4 atom stereocenters. The Morgan fingerprint density at radius 1 is 1.13 bits per heavy atom. The first-order valence-electron chi connectivity index (χ1n) is 13.3. The number of halogens is 4. The minimum absolute atomic E-state index is 0.0401. The van der Waals surface area contributed by atoms with E-state index in [9.17, 15) is 23.5 Å². The molecule has 2 aromatic carbocycles. The lowest BCUT2D eigenvalue weighted by atomic mass is 9.62. The largest absolute Gasteiger partial charge is 0.393 e. The van der Waals surface area contributed by atoms with Gasteiger partial charge in [-0.05, 0) is 60.8 Å². The smallest absolute Gasteiger partial charge is 0.238 e. The van der Waals surface area contributed by atoms with Crippen molar-refractivity contribution in [1.29, 1.82) is 0 Å². The van der Waals surface area contributed by atoms with Gasteiger partial charge in [0.25, 0.3) is 0 Å². The zero-order chi connectivity index (χ0) is 28.3. The zero-order valence-corrected chi connectivity index (χ0v) is 22.8. The van der Waals surface area contributed by atoms with Crippen molar-refractivity contribution in [3.8, 4) is 0 Å². The molecular weight excluding hydrogens is 531 g/mol. The molecule has 1 unspecified atom stereocenters. The molecule has 5 rings (SSSR count). The van der Waals surface area contributed by atoms with Gasteiger partial charge in [0.05, 0.1) is 17.2 Å². The van der Waals surface area contributed by atoms with Crippen molar-refractivity contribution in [2.45, 2.75) is 88.4 Å². The number of rotatable bonds is 4. The van der Waals surface area contributed by atoms with Crippen LogP contribution >= 0.6 is 11.6 Å². The van der Waals surface area contributed by atoms with Crippen LogP contribution < -0.4 is 16.0 Å². The third-order valence-corrected chi connectivity index (χ3v) is 8.63. The fraction of sp³-hybridized carbons (Fsp3) is 0.517. The maximum atomic E-state index is 15.8. The summed E-state index contributed by atoms with van der Waals surface area (Å²) in [5, 5.41) is 18.8. The molecule has 2 amide bonds. The van der Waals surface area contributed by atoms with Gasteiger partial charge in [0, 0.05) is 29.8 Å². The topological polar surface area (TPSA) is 90.5 Å². The number of nitrogens with one attached hydrogen (secondary N) is 3. The van der Waals surface area contributed by atoms with Crippen LogP contribution in [0.4, 0.5) is 18.9 Å². The van der Waals surface area contributed by atoms with Crippen LogP contribution in [0.2, 0.25) is 5.02 Å². The summed E-state index contributed by atoms with van der Waals surface area (Å²) in [7, 11) is 0. The number of carbonyl (C=O) groups excluding carboxylic acids is 2. The molecule has 3 aliphatic rings. The molecule has 2 fully saturated rings. The summed E-state index contributed by atoms with van der Waals surface area (Å²) in [6.45, 7) is 5.91. The second-order valence-electron chi connectivity index (χ2n) is 12.2. The average molecular weight is 564 g/mol. The third-order valence-electron chi connectivity index (χ3n) is 8.34. The van der Waals surface area contributed by atoms with Gasteiger partial charge < -0.3 is 21.1 Å². The molecule has 1 aliphatic carbocycles. The van der Waals surface area contributed by atoms with E-state index in [0.717, 1.165) is 12.1 Å². The van der Waals surface area contributed by atoms with Crippen molar-refractivity contribution in [3.63, 3.8) is 0 Å². The molecular formula is C29H33ClF3N3O3. The van der Waals surface area contributed by atoms with E-state index < -0.39 is 58.8 Å². The van der Waals surface area contributed by atoms with E-state index in [1.807, 2.05) is 20.8 Å². The summed E-state index contributed by atoms with van der Waals surface area (Å²) in [6.07, 6.45) is 2.22. The molecule has 0 bridgehead atoms. The predicted octanol–water partition coefficient (Wildman–Crippen LogP) is 4.93. The van der Waals surface area contributed by atoms with Crippen LogP contribution in [0.5, 0.6) is 0 Å². The molecule has 2 aliphatic heterocycles. The molecule has 10 heteroatoms. The Labute approximate surface area is 230 Å². The Hall–Kier alpha value is -2.62. The van der Waals surface area contributed by atoms with Crippen LogP contribution in [0.1, 0.15) is 69.9 Å². The number of anilines is 1. The highest BCUT2D eigenvalue weighted by Crippen LogP contribution is 2.57. The van der Waals surface area contributed by atoms with Crippen molar-refractivity contribution in [2.75, 3.05) is 5.32 Å². The number of amides is 2. The van der Waals surface area contributed by atoms with Crippen molar-refractivity contribution in [1.82, 2.24) is 10.6 Å². The normalized spacial score (nSPS) is 30.4. The van der Waals surface area contributed by atoms with E-state index in [4.69, 9.17) is 11.6 Å². The minimum Gasteiger partial charge on any atom is -0.393 e. The van der Waals surface area contributed by atoms with E-state index in [1.165, 1.54) is 12.1 Å². The summed E-state index contributed by atoms with van der Waals surface area (Å²) >= 11 is 6.18. The van der Waals surface area contributed by atoms with Crippen molar-refractivity contribution < 1.29 is 27.9 Å². The summed E-state index contributed by atoms with van der Waals surface area (Å²) in [4.78, 5) is 27.9. The van der Waals surface area contributed by atoms with Gasteiger partial charge in [0.2, 0.25) is 11.8 Å². The predicted molar refractivity (Wildman–Crippen MR) is 142 cm³/mol. The molecule has 39 heavy (non-hydrogen) atoms. The Balaban J connectivity index is 1.69. The Kier molecular flexibility index (Phi) is 7.23. The number of hydrogen-bond donors (Lipinski definition) is 4. The van der Waals surface area contributed by atoms with E-state index in [-0.39, 0.29) is 33.3 Å². The van der Waals surface area contributed by atoms with Crippen LogP contribution in [0.3, 0.4) is 0 Å². The number of fused-ring (bicyclic) bond motifs is 2. The maximum absolute atomic E-state index is 15.8. The van der Waals surface area contributed by atoms with Gasteiger partial charge in [-0.15, -0.1) is 0 Å². The molecule has 6 nitrogen and oxygen atoms in total. The number of benzene rings is 2. The van der Waals surface area contributed by atoms with E-state index in [2.05, 4.69) is 16.0 Å². The Morgan fingerprint density at radius 2 is 1.79 bits per heavy atom. The minimum atomic E-state index is -1.63. The summed E-state index contributed by atoms with van der Waals surface area (Å²) in [5.74, 6) is -5.15. The monoisotopic (exact) mass is 563 g/mol. The van der Waals surface area contributed by atoms with Crippen LogP contribution in [0, 0.1) is 22.9 Å². The van der Waals surface area contributed by atoms with Gasteiger partial charge in [0.1, 0.15) is 11.2 Å². The lowest BCUT2D eigenvalue weighted by molar-refractivity contribution is -0.124. The number of aliphatic hydroxyl groups is 1. The highest BCUT2D eigenvalue weighted by Gasteiger charge is 2.66. The number of aliphatic hydroxyl groups excluding tert-OH is 1. The van der Waals surface area contributed by atoms with Crippen LogP contribution in [-0.4, -0.2) is 41.2 Å². The first-order chi connectivity index (χ1) is 18.3. The van der Waals surface area contributed by atoms with Gasteiger partial charge in [-0.25, -0.2) is 13.2 Å². The molecule has 0 radical (unpaired) electrons. The summed E-state index contributed by atoms with van der Waals surface area (Å²) < 4.78 is 44.8. The highest BCUT2D eigenvalue weighted by atomic mass is 35.5. The standard InChI is InChI=1S/C29H33ClF3N3O3/c1-28(2,3)13-22-29(17-11-19(31)20(32)12-21(17)35-27(29)39)23(16-5-4-6-18(30)24(16)33)25(36-22)26(38)34-14-7-9-15(37)10-8-14/h4-6,11-12,14-15,22-23,25,36-37H,7-10,13H2,1-3H3,(H,34,38)(H,35,39)/t14?,15?,22-,23-,25+,29?/m0/s1. The molecule has 4 N–H and O–H groups in total. The summed E-state index contributed by atoms with van der Waals surface area (Å²) in [6, 6.07) is 4.32. The molecule has 1 saturated carbocycles. The lowest BCUT2D eigenvalue weighted by Gasteiger charge is -2.38. The SMILES string of the molecule is CC(C)(C)C[C@@H]1N[C@@H](C(=O)NC2CCC(O)CC2)[C@H](c2cccc(Cl)c2F)C12C(=O)Nc1cc(F)c(F)cc12. The van der Waals surface area contributed by atoms with Crippen LogP contribution in [0.15, 0.2) is 30.3 Å². The van der Waals surface area contributed by atoms with E-state index in [1.54, 1.807) is 6.07 Å². The molecule has 210 valence electrons. The van der Waals surface area contributed by atoms with E-state index in [0.29, 0.717) is 32.1 Å². The lowest BCUT2D eigenvalue weighted by Crippen LogP contribution is -2.50. The fourth-order valence-corrected chi connectivity index (χ4v) is 6.86. The second kappa shape index (κ2) is 10.1. The first-order valence-corrected chi connectivity index (χ1v) is 13.7. The zero-order valence-electron chi connectivity index (χ0n) is 22.1. The first kappa shape index (κ1) is 27.9. The van der Waals surface area contributed by atoms with Gasteiger partial charge in [-0.3, -0.25) is 9.59 Å². The molecule has 2 aromatic rings. The van der Waals surface area contributed by atoms with Gasteiger partial charge in [0.15, 0.2) is 11.6 Å². The Morgan fingerprint density at radius 3 is 2.46 bits per heavy atom. The number of carbonyl (C=O) groups is 2. The van der Waals surface area contributed by atoms with Gasteiger partial charge >= 0.3 is 0 Å². The highest BCUT2D eigenvalue weighted by molar-refractivity contribution is 6.30. The third kappa shape index (κ3) is 4.83.